The van der Waals surface area contributed by atoms with Crippen molar-refractivity contribution < 1.29 is 9.84 Å². The number of benzene rings is 3. The molecule has 0 amide bonds. The lowest BCUT2D eigenvalue weighted by atomic mass is 9.82. The van der Waals surface area contributed by atoms with Crippen LogP contribution in [0.15, 0.2) is 72.9 Å². The average molecular weight is 817 g/mol. The maximum Gasteiger partial charge on any atom is 0.133 e. The van der Waals surface area contributed by atoms with Crippen LogP contribution in [0.4, 0.5) is 0 Å². The minimum atomic E-state index is -0.0550. The molecule has 1 aromatic heterocycles. The number of aromatic nitrogens is 2. The van der Waals surface area contributed by atoms with Gasteiger partial charge >= 0.3 is 0 Å². The Labute approximate surface area is 350 Å². The fourth-order valence-corrected chi connectivity index (χ4v) is 9.24. The Morgan fingerprint density at radius 3 is 2.46 bits per heavy atom. The number of imidazole rings is 1. The number of halogens is 2. The summed E-state index contributed by atoms with van der Waals surface area (Å²) in [5.74, 6) is 4.08. The molecule has 2 bridgehead atoms. The van der Waals surface area contributed by atoms with Crippen LogP contribution in [-0.2, 0) is 26.6 Å². The first-order chi connectivity index (χ1) is 27.5. The average Bonchev–Trinajstić information content (AvgIpc) is 3.94. The number of piperidine rings is 1. The summed E-state index contributed by atoms with van der Waals surface area (Å²) in [7, 11) is 6.18. The van der Waals surface area contributed by atoms with Crippen LogP contribution in [-0.4, -0.2) is 107 Å². The van der Waals surface area contributed by atoms with Gasteiger partial charge < -0.3 is 34.8 Å². The number of nitrogens with one attached hydrogen (secondary N) is 2. The first-order valence-corrected chi connectivity index (χ1v) is 21.8. The second-order valence-corrected chi connectivity index (χ2v) is 18.4. The summed E-state index contributed by atoms with van der Waals surface area (Å²) in [6.07, 6.45) is 10.4. The van der Waals surface area contributed by atoms with Crippen LogP contribution < -0.4 is 15.4 Å². The van der Waals surface area contributed by atoms with Gasteiger partial charge in [0.05, 0.1) is 25.0 Å². The van der Waals surface area contributed by atoms with Gasteiger partial charge in [-0.15, -0.1) is 0 Å². The summed E-state index contributed by atoms with van der Waals surface area (Å²) in [5, 5.41) is 19.8. The SMILES string of the molecule is C[C@H]1CN[C@H](CO)CN[C@@]2(Cc3ccc(Cl)cc3)CCCN(C[C@H](CC3CC3)CCN1Cc1ccc(Cl)cc1Oc1ccc(-c3cnc(CN(C)C)n3C)cc1)C2. The quantitative estimate of drug-likeness (QED) is 0.133. The molecular weight excluding hydrogens is 753 g/mol. The molecule has 2 saturated heterocycles. The van der Waals surface area contributed by atoms with Crippen LogP contribution in [0.1, 0.15) is 62.4 Å². The molecule has 3 fully saturated rings. The van der Waals surface area contributed by atoms with Crippen molar-refractivity contribution in [2.45, 2.75) is 82.6 Å². The molecule has 3 heterocycles. The van der Waals surface area contributed by atoms with Gasteiger partial charge in [0.1, 0.15) is 17.3 Å². The predicted octanol–water partition coefficient (Wildman–Crippen LogP) is 7.88. The summed E-state index contributed by atoms with van der Waals surface area (Å²) in [6.45, 7) is 9.67. The summed E-state index contributed by atoms with van der Waals surface area (Å²) in [6, 6.07) is 22.8. The fraction of sp³-hybridized carbons (Fsp3) is 0.543. The van der Waals surface area contributed by atoms with E-state index in [1.807, 2.05) is 42.6 Å². The summed E-state index contributed by atoms with van der Waals surface area (Å²) in [5.41, 5.74) is 4.53. The number of aliphatic hydroxyl groups is 1. The second-order valence-electron chi connectivity index (χ2n) is 17.5. The summed E-state index contributed by atoms with van der Waals surface area (Å²) in [4.78, 5) is 12.1. The van der Waals surface area contributed by atoms with E-state index in [1.54, 1.807) is 0 Å². The third-order valence-corrected chi connectivity index (χ3v) is 12.9. The molecule has 9 nitrogen and oxygen atoms in total. The zero-order valence-electron chi connectivity index (χ0n) is 34.4. The fourth-order valence-electron chi connectivity index (χ4n) is 8.95. The smallest absolute Gasteiger partial charge is 0.133 e. The van der Waals surface area contributed by atoms with E-state index in [2.05, 4.69) is 93.3 Å². The molecule has 0 spiro atoms. The number of nitrogens with zero attached hydrogens (tertiary/aromatic N) is 5. The zero-order valence-corrected chi connectivity index (χ0v) is 35.9. The van der Waals surface area contributed by atoms with Gasteiger partial charge in [-0.3, -0.25) is 4.90 Å². The Morgan fingerprint density at radius 2 is 1.72 bits per heavy atom. The molecule has 2 aliphatic heterocycles. The van der Waals surface area contributed by atoms with Gasteiger partial charge in [-0.2, -0.15) is 0 Å². The van der Waals surface area contributed by atoms with E-state index in [9.17, 15) is 5.11 Å². The van der Waals surface area contributed by atoms with Crippen LogP contribution in [0.2, 0.25) is 10.0 Å². The van der Waals surface area contributed by atoms with Crippen molar-refractivity contribution in [3.8, 4) is 22.8 Å². The number of aliphatic hydroxyl groups excluding tert-OH is 1. The number of rotatable bonds is 12. The first-order valence-electron chi connectivity index (χ1n) is 21.1. The molecule has 1 aliphatic carbocycles. The Balaban J connectivity index is 1.08. The van der Waals surface area contributed by atoms with Gasteiger partial charge in [0, 0.05) is 78.6 Å². The highest BCUT2D eigenvalue weighted by molar-refractivity contribution is 6.31. The molecule has 7 rings (SSSR count). The van der Waals surface area contributed by atoms with Gasteiger partial charge in [-0.25, -0.2) is 4.98 Å². The lowest BCUT2D eigenvalue weighted by Crippen LogP contribution is -2.61. The number of ether oxygens (including phenoxy) is 1. The monoisotopic (exact) mass is 815 g/mol. The second kappa shape index (κ2) is 19.4. The highest BCUT2D eigenvalue weighted by atomic mass is 35.5. The van der Waals surface area contributed by atoms with Crippen molar-refractivity contribution >= 4 is 23.2 Å². The van der Waals surface area contributed by atoms with Gasteiger partial charge in [0.15, 0.2) is 0 Å². The molecule has 4 aromatic rings. The maximum atomic E-state index is 10.6. The first kappa shape index (κ1) is 42.1. The van der Waals surface area contributed by atoms with Gasteiger partial charge in [0.25, 0.3) is 0 Å². The van der Waals surface area contributed by atoms with E-state index in [4.69, 9.17) is 27.9 Å². The lowest BCUT2D eigenvalue weighted by molar-refractivity contribution is 0.0856. The van der Waals surface area contributed by atoms with E-state index in [0.29, 0.717) is 17.5 Å². The van der Waals surface area contributed by atoms with Crippen LogP contribution in [0.25, 0.3) is 11.3 Å². The van der Waals surface area contributed by atoms with E-state index in [-0.39, 0.29) is 24.2 Å². The van der Waals surface area contributed by atoms with Crippen molar-refractivity contribution in [2.75, 3.05) is 60.0 Å². The number of hydrogen-bond donors (Lipinski definition) is 3. The minimum Gasteiger partial charge on any atom is -0.457 e. The van der Waals surface area contributed by atoms with Crippen LogP contribution >= 0.6 is 23.2 Å². The standard InChI is InChI=1S/C46H63Cl2N7O2/c1-33-25-49-41(31-56)26-51-46(24-35-8-13-39(47)14-9-35)19-5-20-54(32-46)28-36(22-34-6-7-34)18-21-55(33)29-38-10-15-40(48)23-44(38)57-42-16-11-37(12-17-42)43-27-50-45(53(43)4)30-52(2)3/h8-17,23,27,33-34,36,41,49,51,56H,5-7,18-22,24-26,28-32H2,1-4H3/t33-,36-,41-,46+/m0/s1. The Morgan fingerprint density at radius 1 is 0.947 bits per heavy atom. The normalized spacial score (nSPS) is 25.3. The van der Waals surface area contributed by atoms with Crippen molar-refractivity contribution in [3.63, 3.8) is 0 Å². The molecule has 57 heavy (non-hydrogen) atoms. The largest absolute Gasteiger partial charge is 0.457 e. The lowest BCUT2D eigenvalue weighted by Gasteiger charge is -2.46. The van der Waals surface area contributed by atoms with Crippen molar-refractivity contribution in [2.24, 2.45) is 18.9 Å². The van der Waals surface area contributed by atoms with E-state index < -0.39 is 0 Å². The highest BCUT2D eigenvalue weighted by Crippen LogP contribution is 2.38. The van der Waals surface area contributed by atoms with E-state index in [0.717, 1.165) is 110 Å². The van der Waals surface area contributed by atoms with E-state index in [1.165, 1.54) is 31.2 Å². The van der Waals surface area contributed by atoms with Crippen molar-refractivity contribution in [1.82, 2.24) is 34.9 Å². The predicted molar refractivity (Wildman–Crippen MR) is 233 cm³/mol. The molecular formula is C46H63Cl2N7O2. The van der Waals surface area contributed by atoms with Crippen molar-refractivity contribution in [3.05, 3.63) is 99.9 Å². The summed E-state index contributed by atoms with van der Waals surface area (Å²) >= 11 is 12.9. The van der Waals surface area contributed by atoms with Gasteiger partial charge in [-0.1, -0.05) is 54.2 Å². The van der Waals surface area contributed by atoms with Gasteiger partial charge in [0.2, 0.25) is 0 Å². The number of fused-ring (bicyclic) bond motifs is 2. The Kier molecular flexibility index (Phi) is 14.3. The molecule has 1 unspecified atom stereocenters. The van der Waals surface area contributed by atoms with Crippen LogP contribution in [0.3, 0.4) is 0 Å². The molecule has 5 atom stereocenters. The van der Waals surface area contributed by atoms with Crippen LogP contribution in [0.5, 0.6) is 11.5 Å². The molecule has 0 radical (unpaired) electrons. The minimum absolute atomic E-state index is 0.0492. The van der Waals surface area contributed by atoms with Crippen molar-refractivity contribution in [1.29, 1.82) is 0 Å². The molecule has 3 aliphatic rings. The molecule has 11 heteroatoms. The summed E-state index contributed by atoms with van der Waals surface area (Å²) < 4.78 is 8.77. The maximum absolute atomic E-state index is 10.6. The molecule has 1 saturated carbocycles. The third-order valence-electron chi connectivity index (χ3n) is 12.4. The number of hydrogen-bond acceptors (Lipinski definition) is 8. The van der Waals surface area contributed by atoms with Gasteiger partial charge in [-0.05, 0) is 132 Å². The highest BCUT2D eigenvalue weighted by Gasteiger charge is 2.37. The molecule has 3 aromatic carbocycles. The third kappa shape index (κ3) is 11.6. The van der Waals surface area contributed by atoms with Crippen LogP contribution in [0, 0.1) is 11.8 Å². The Hall–Kier alpha value is -2.99. The molecule has 3 N–H and O–H groups in total. The Bertz CT molecular complexity index is 1880. The molecule has 308 valence electrons. The topological polar surface area (TPSA) is 81.1 Å². The van der Waals surface area contributed by atoms with E-state index >= 15 is 0 Å². The zero-order chi connectivity index (χ0) is 39.9.